The van der Waals surface area contributed by atoms with Crippen molar-refractivity contribution in [2.75, 3.05) is 19.4 Å². The number of carbonyl (C=O) groups is 2. The lowest BCUT2D eigenvalue weighted by Gasteiger charge is -2.08. The lowest BCUT2D eigenvalue weighted by molar-refractivity contribution is 0.102. The zero-order valence-corrected chi connectivity index (χ0v) is 14.3. The van der Waals surface area contributed by atoms with Gasteiger partial charge in [-0.3, -0.25) is 4.79 Å². The molecule has 1 heterocycles. The molecule has 0 unspecified atom stereocenters. The van der Waals surface area contributed by atoms with E-state index in [9.17, 15) is 14.7 Å². The number of nitrogens with zero attached hydrogens (tertiary/aromatic N) is 3. The van der Waals surface area contributed by atoms with Crippen molar-refractivity contribution in [1.82, 2.24) is 14.7 Å². The summed E-state index contributed by atoms with van der Waals surface area (Å²) in [6.07, 6.45) is 1.55. The molecular weight excluding hydrogens is 344 g/mol. The van der Waals surface area contributed by atoms with E-state index in [-0.39, 0.29) is 17.3 Å². The average molecular weight is 359 g/mol. The number of hydrogen-bond donors (Lipinski definition) is 2. The van der Waals surface area contributed by atoms with E-state index < -0.39 is 5.91 Å². The Labute approximate surface area is 148 Å². The molecule has 2 amide bonds. The van der Waals surface area contributed by atoms with Gasteiger partial charge in [-0.05, 0) is 30.3 Å². The number of aromatic nitrogens is 2. The van der Waals surface area contributed by atoms with Crippen LogP contribution in [-0.4, -0.2) is 45.8 Å². The quantitative estimate of drug-likeness (QED) is 0.736. The summed E-state index contributed by atoms with van der Waals surface area (Å²) in [5.74, 6) is -0.688. The van der Waals surface area contributed by atoms with Gasteiger partial charge in [0.25, 0.3) is 5.91 Å². The second-order valence-corrected chi connectivity index (χ2v) is 6.04. The molecule has 0 aliphatic carbocycles. The first-order valence-corrected chi connectivity index (χ1v) is 7.74. The lowest BCUT2D eigenvalue weighted by atomic mass is 10.1. The molecule has 1 aromatic heterocycles. The van der Waals surface area contributed by atoms with Crippen LogP contribution in [0.3, 0.4) is 0 Å². The summed E-state index contributed by atoms with van der Waals surface area (Å²) >= 11 is 5.88. The molecule has 0 saturated carbocycles. The highest BCUT2D eigenvalue weighted by molar-refractivity contribution is 6.31. The third-order valence-electron chi connectivity index (χ3n) is 3.58. The van der Waals surface area contributed by atoms with Crippen LogP contribution >= 0.6 is 11.6 Å². The molecular formula is C17H15ClN4O3. The van der Waals surface area contributed by atoms with Gasteiger partial charge < -0.3 is 15.3 Å². The van der Waals surface area contributed by atoms with Gasteiger partial charge in [-0.15, -0.1) is 0 Å². The lowest BCUT2D eigenvalue weighted by Crippen LogP contribution is -2.27. The Morgan fingerprint density at radius 1 is 1.24 bits per heavy atom. The number of amides is 2. The third kappa shape index (κ3) is 3.27. The Balaban J connectivity index is 1.97. The highest BCUT2D eigenvalue weighted by Gasteiger charge is 2.16. The predicted molar refractivity (Wildman–Crippen MR) is 95.3 cm³/mol. The first-order chi connectivity index (χ1) is 11.9. The van der Waals surface area contributed by atoms with Crippen LogP contribution in [-0.2, 0) is 0 Å². The largest absolute Gasteiger partial charge is 0.507 e. The highest BCUT2D eigenvalue weighted by atomic mass is 35.5. The van der Waals surface area contributed by atoms with Gasteiger partial charge in [-0.1, -0.05) is 17.7 Å². The van der Waals surface area contributed by atoms with Crippen LogP contribution in [0.25, 0.3) is 10.9 Å². The minimum Gasteiger partial charge on any atom is -0.507 e. The molecule has 7 nitrogen and oxygen atoms in total. The number of hydrogen-bond acceptors (Lipinski definition) is 4. The van der Waals surface area contributed by atoms with Crippen LogP contribution < -0.4 is 5.32 Å². The van der Waals surface area contributed by atoms with E-state index in [0.717, 1.165) is 0 Å². The maximum Gasteiger partial charge on any atom is 0.344 e. The van der Waals surface area contributed by atoms with Crippen molar-refractivity contribution in [3.63, 3.8) is 0 Å². The summed E-state index contributed by atoms with van der Waals surface area (Å²) in [5.41, 5.74) is 1.09. The number of anilines is 1. The number of rotatable bonds is 2. The Morgan fingerprint density at radius 2 is 2.00 bits per heavy atom. The Kier molecular flexibility index (Phi) is 4.33. The first kappa shape index (κ1) is 16.8. The van der Waals surface area contributed by atoms with E-state index in [1.807, 2.05) is 0 Å². The van der Waals surface area contributed by atoms with E-state index in [1.165, 1.54) is 27.8 Å². The average Bonchev–Trinajstić information content (AvgIpc) is 3.01. The zero-order chi connectivity index (χ0) is 18.1. The molecule has 3 aromatic rings. The Hall–Kier alpha value is -3.06. The fourth-order valence-electron chi connectivity index (χ4n) is 2.33. The van der Waals surface area contributed by atoms with Gasteiger partial charge in [0, 0.05) is 30.7 Å². The topological polar surface area (TPSA) is 87.5 Å². The van der Waals surface area contributed by atoms with Crippen LogP contribution in [0.4, 0.5) is 10.5 Å². The standard InChI is InChI=1S/C17H15ClN4O3/c1-21(2)17(25)22-9-12-13(4-3-5-14(12)20-22)19-16(24)11-8-10(18)6-7-15(11)23/h3-9,23H,1-2H3,(H,19,24). The zero-order valence-electron chi connectivity index (χ0n) is 13.5. The molecule has 2 aromatic carbocycles. The van der Waals surface area contributed by atoms with Gasteiger partial charge in [0.2, 0.25) is 0 Å². The molecule has 25 heavy (non-hydrogen) atoms. The number of aromatic hydroxyl groups is 1. The smallest absolute Gasteiger partial charge is 0.344 e. The van der Waals surface area contributed by atoms with Gasteiger partial charge >= 0.3 is 6.03 Å². The van der Waals surface area contributed by atoms with Crippen molar-refractivity contribution in [2.24, 2.45) is 0 Å². The minimum atomic E-state index is -0.515. The summed E-state index contributed by atoms with van der Waals surface area (Å²) < 4.78 is 1.21. The maximum absolute atomic E-state index is 12.4. The molecule has 0 fully saturated rings. The Bertz CT molecular complexity index is 981. The molecule has 8 heteroatoms. The molecule has 2 N–H and O–H groups in total. The number of fused-ring (bicyclic) bond motifs is 1. The summed E-state index contributed by atoms with van der Waals surface area (Å²) in [6, 6.07) is 9.06. The predicted octanol–water partition coefficient (Wildman–Crippen LogP) is 3.18. The van der Waals surface area contributed by atoms with Crippen LogP contribution in [0.1, 0.15) is 10.4 Å². The van der Waals surface area contributed by atoms with Crippen LogP contribution in [0.2, 0.25) is 5.02 Å². The van der Waals surface area contributed by atoms with E-state index >= 15 is 0 Å². The number of nitrogens with one attached hydrogen (secondary N) is 1. The second-order valence-electron chi connectivity index (χ2n) is 5.60. The fraction of sp³-hybridized carbons (Fsp3) is 0.118. The normalized spacial score (nSPS) is 10.7. The monoisotopic (exact) mass is 358 g/mol. The number of halogens is 1. The minimum absolute atomic E-state index is 0.0567. The van der Waals surface area contributed by atoms with Gasteiger partial charge in [0.15, 0.2) is 0 Å². The Morgan fingerprint density at radius 3 is 2.72 bits per heavy atom. The summed E-state index contributed by atoms with van der Waals surface area (Å²) in [6.45, 7) is 0. The molecule has 0 saturated heterocycles. The van der Waals surface area contributed by atoms with E-state index in [4.69, 9.17) is 11.6 Å². The second kappa shape index (κ2) is 6.45. The molecule has 0 spiro atoms. The third-order valence-corrected chi connectivity index (χ3v) is 3.82. The van der Waals surface area contributed by atoms with Crippen molar-refractivity contribution >= 4 is 40.1 Å². The van der Waals surface area contributed by atoms with Crippen molar-refractivity contribution < 1.29 is 14.7 Å². The van der Waals surface area contributed by atoms with Crippen LogP contribution in [0.15, 0.2) is 42.6 Å². The number of phenolic OH excluding ortho intramolecular Hbond substituents is 1. The van der Waals surface area contributed by atoms with Gasteiger partial charge in [0.1, 0.15) is 5.75 Å². The van der Waals surface area contributed by atoms with Crippen molar-refractivity contribution in [3.05, 3.63) is 53.2 Å². The van der Waals surface area contributed by atoms with E-state index in [0.29, 0.717) is 21.6 Å². The van der Waals surface area contributed by atoms with E-state index in [2.05, 4.69) is 10.4 Å². The number of carbonyl (C=O) groups excluding carboxylic acids is 2. The SMILES string of the molecule is CN(C)C(=O)n1cc2c(NC(=O)c3cc(Cl)ccc3O)cccc2n1. The van der Waals surface area contributed by atoms with Crippen LogP contribution in [0, 0.1) is 0 Å². The first-order valence-electron chi connectivity index (χ1n) is 7.37. The van der Waals surface area contributed by atoms with Gasteiger partial charge in [-0.2, -0.15) is 9.78 Å². The summed E-state index contributed by atoms with van der Waals surface area (Å²) in [5, 5.41) is 17.7. The molecule has 3 rings (SSSR count). The van der Waals surface area contributed by atoms with Gasteiger partial charge in [0.05, 0.1) is 16.8 Å². The fourth-order valence-corrected chi connectivity index (χ4v) is 2.51. The number of benzene rings is 2. The van der Waals surface area contributed by atoms with Gasteiger partial charge in [-0.25, -0.2) is 4.79 Å². The summed E-state index contributed by atoms with van der Waals surface area (Å²) in [7, 11) is 3.25. The van der Waals surface area contributed by atoms with Crippen molar-refractivity contribution in [3.8, 4) is 5.75 Å². The number of phenols is 1. The molecule has 0 aliphatic rings. The maximum atomic E-state index is 12.4. The molecule has 0 aliphatic heterocycles. The molecule has 128 valence electrons. The van der Waals surface area contributed by atoms with E-state index in [1.54, 1.807) is 38.5 Å². The molecule has 0 atom stereocenters. The molecule has 0 radical (unpaired) electrons. The molecule has 0 bridgehead atoms. The summed E-state index contributed by atoms with van der Waals surface area (Å²) in [4.78, 5) is 25.9. The van der Waals surface area contributed by atoms with Crippen LogP contribution in [0.5, 0.6) is 5.75 Å². The van der Waals surface area contributed by atoms with Crippen molar-refractivity contribution in [2.45, 2.75) is 0 Å². The van der Waals surface area contributed by atoms with Crippen molar-refractivity contribution in [1.29, 1.82) is 0 Å². The highest BCUT2D eigenvalue weighted by Crippen LogP contribution is 2.26.